The third-order valence-corrected chi connectivity index (χ3v) is 6.64. The van der Waals surface area contributed by atoms with Crippen LogP contribution in [0, 0.1) is 5.41 Å². The Morgan fingerprint density at radius 2 is 0.885 bits per heavy atom. The molecule has 3 fully saturated rings. The van der Waals surface area contributed by atoms with Crippen LogP contribution in [0.15, 0.2) is 0 Å². The zero-order valence-corrected chi connectivity index (χ0v) is 16.3. The summed E-state index contributed by atoms with van der Waals surface area (Å²) in [6, 6.07) is 0. The molecule has 0 radical (unpaired) electrons. The number of rotatable bonds is 4. The van der Waals surface area contributed by atoms with Gasteiger partial charge in [0.05, 0.1) is 0 Å². The van der Waals surface area contributed by atoms with Gasteiger partial charge in [-0.05, 0) is 64.2 Å². The van der Waals surface area contributed by atoms with Crippen molar-refractivity contribution in [3.05, 3.63) is 0 Å². The third-order valence-electron chi connectivity index (χ3n) is 6.64. The van der Waals surface area contributed by atoms with Crippen LogP contribution < -0.4 is 0 Å². The van der Waals surface area contributed by atoms with Crippen molar-refractivity contribution >= 4 is 11.9 Å². The Kier molecular flexibility index (Phi) is 7.39. The molecule has 148 valence electrons. The highest BCUT2D eigenvalue weighted by Gasteiger charge is 2.49. The topological polar surface area (TPSA) is 52.6 Å². The highest BCUT2D eigenvalue weighted by molar-refractivity contribution is 6.00. The highest BCUT2D eigenvalue weighted by atomic mass is 16.6. The van der Waals surface area contributed by atoms with Gasteiger partial charge in [-0.3, -0.25) is 9.59 Å². The van der Waals surface area contributed by atoms with E-state index in [4.69, 9.17) is 9.47 Å². The van der Waals surface area contributed by atoms with Gasteiger partial charge in [-0.2, -0.15) is 0 Å². The van der Waals surface area contributed by atoms with Crippen molar-refractivity contribution in [1.29, 1.82) is 0 Å². The van der Waals surface area contributed by atoms with E-state index in [0.29, 0.717) is 12.8 Å². The van der Waals surface area contributed by atoms with Crippen molar-refractivity contribution in [1.82, 2.24) is 0 Å². The molecule has 3 aliphatic carbocycles. The largest absolute Gasteiger partial charge is 0.462 e. The maximum atomic E-state index is 13.2. The summed E-state index contributed by atoms with van der Waals surface area (Å²) in [5.74, 6) is -0.570. The van der Waals surface area contributed by atoms with Crippen molar-refractivity contribution in [2.24, 2.45) is 5.41 Å². The van der Waals surface area contributed by atoms with E-state index in [2.05, 4.69) is 0 Å². The number of hydrogen-bond donors (Lipinski definition) is 0. The number of carbonyl (C=O) groups is 2. The van der Waals surface area contributed by atoms with E-state index >= 15 is 0 Å². The molecule has 3 saturated carbocycles. The smallest absolute Gasteiger partial charge is 0.323 e. The summed E-state index contributed by atoms with van der Waals surface area (Å²) in [6.45, 7) is 0. The summed E-state index contributed by atoms with van der Waals surface area (Å²) in [5, 5.41) is 0. The standard InChI is InChI=1S/C22H36O4/c23-20(25-18-12-6-4-7-13-18)22(16-10-2-1-3-11-17-22)21(24)26-19-14-8-5-9-15-19/h18-19H,1-17H2. The van der Waals surface area contributed by atoms with Gasteiger partial charge < -0.3 is 9.47 Å². The van der Waals surface area contributed by atoms with Gasteiger partial charge in [0.15, 0.2) is 5.41 Å². The second kappa shape index (κ2) is 9.75. The molecule has 0 N–H and O–H groups in total. The molecule has 0 saturated heterocycles. The first-order valence-corrected chi connectivity index (χ1v) is 11.1. The molecule has 4 nitrogen and oxygen atoms in total. The number of carbonyl (C=O) groups excluding carboxylic acids is 2. The quantitative estimate of drug-likeness (QED) is 0.490. The first kappa shape index (κ1) is 19.7. The maximum Gasteiger partial charge on any atom is 0.323 e. The van der Waals surface area contributed by atoms with Crippen LogP contribution in [0.3, 0.4) is 0 Å². The van der Waals surface area contributed by atoms with Gasteiger partial charge in [-0.1, -0.05) is 44.9 Å². The van der Waals surface area contributed by atoms with Crippen LogP contribution in [0.2, 0.25) is 0 Å². The average Bonchev–Trinajstić information content (AvgIpc) is 2.63. The summed E-state index contributed by atoms with van der Waals surface area (Å²) in [7, 11) is 0. The molecular formula is C22H36O4. The van der Waals surface area contributed by atoms with Gasteiger partial charge in [0, 0.05) is 0 Å². The van der Waals surface area contributed by atoms with E-state index in [1.165, 1.54) is 19.3 Å². The summed E-state index contributed by atoms with van der Waals surface area (Å²) in [4.78, 5) is 26.4. The van der Waals surface area contributed by atoms with Gasteiger partial charge in [0.25, 0.3) is 0 Å². The predicted octanol–water partition coefficient (Wildman–Crippen LogP) is 5.47. The Hall–Kier alpha value is -1.06. The normalized spacial score (nSPS) is 25.7. The van der Waals surface area contributed by atoms with Crippen LogP contribution in [0.5, 0.6) is 0 Å². The molecule has 3 aliphatic rings. The molecule has 0 aromatic rings. The number of ether oxygens (including phenoxy) is 2. The van der Waals surface area contributed by atoms with Gasteiger partial charge in [0.1, 0.15) is 12.2 Å². The zero-order valence-electron chi connectivity index (χ0n) is 16.3. The number of esters is 2. The summed E-state index contributed by atoms with van der Waals surface area (Å²) in [5.41, 5.74) is -1.05. The first-order valence-electron chi connectivity index (χ1n) is 11.1. The van der Waals surface area contributed by atoms with E-state index < -0.39 is 5.41 Å². The molecule has 0 atom stereocenters. The van der Waals surface area contributed by atoms with E-state index in [1.54, 1.807) is 0 Å². The molecule has 3 rings (SSSR count). The highest BCUT2D eigenvalue weighted by Crippen LogP contribution is 2.39. The molecule has 0 heterocycles. The maximum absolute atomic E-state index is 13.2. The lowest BCUT2D eigenvalue weighted by molar-refractivity contribution is -0.182. The minimum Gasteiger partial charge on any atom is -0.462 e. The van der Waals surface area contributed by atoms with E-state index in [0.717, 1.165) is 77.0 Å². The van der Waals surface area contributed by atoms with Crippen molar-refractivity contribution in [2.45, 2.75) is 121 Å². The molecule has 0 unspecified atom stereocenters. The molecule has 0 aromatic heterocycles. The Balaban J connectivity index is 1.70. The molecular weight excluding hydrogens is 328 g/mol. The van der Waals surface area contributed by atoms with Crippen molar-refractivity contribution < 1.29 is 19.1 Å². The van der Waals surface area contributed by atoms with Crippen LogP contribution in [-0.4, -0.2) is 24.1 Å². The first-order chi connectivity index (χ1) is 12.7. The van der Waals surface area contributed by atoms with Crippen LogP contribution in [0.1, 0.15) is 109 Å². The molecule has 0 aliphatic heterocycles. The Morgan fingerprint density at radius 1 is 0.538 bits per heavy atom. The fraction of sp³-hybridized carbons (Fsp3) is 0.909. The number of hydrogen-bond acceptors (Lipinski definition) is 4. The SMILES string of the molecule is O=C(OC1CCCCC1)C1(C(=O)OC2CCCCC2)CCCCCCC1. The molecule has 4 heteroatoms. The predicted molar refractivity (Wildman–Crippen MR) is 101 cm³/mol. The Morgan fingerprint density at radius 3 is 1.31 bits per heavy atom. The monoisotopic (exact) mass is 364 g/mol. The van der Waals surface area contributed by atoms with Crippen LogP contribution in [-0.2, 0) is 19.1 Å². The second-order valence-electron chi connectivity index (χ2n) is 8.68. The lowest BCUT2D eigenvalue weighted by Gasteiger charge is -2.35. The van der Waals surface area contributed by atoms with Gasteiger partial charge >= 0.3 is 11.9 Å². The average molecular weight is 365 g/mol. The lowest BCUT2D eigenvalue weighted by atomic mass is 9.76. The lowest BCUT2D eigenvalue weighted by Crippen LogP contribution is -2.45. The molecule has 0 bridgehead atoms. The summed E-state index contributed by atoms with van der Waals surface area (Å²) >= 11 is 0. The summed E-state index contributed by atoms with van der Waals surface area (Å²) in [6.07, 6.45) is 17.1. The fourth-order valence-corrected chi connectivity index (χ4v) is 4.89. The van der Waals surface area contributed by atoms with Crippen molar-refractivity contribution in [2.75, 3.05) is 0 Å². The second-order valence-corrected chi connectivity index (χ2v) is 8.68. The Bertz CT molecular complexity index is 419. The van der Waals surface area contributed by atoms with Gasteiger partial charge in [0.2, 0.25) is 0 Å². The van der Waals surface area contributed by atoms with Crippen LogP contribution >= 0.6 is 0 Å². The van der Waals surface area contributed by atoms with Crippen LogP contribution in [0.25, 0.3) is 0 Å². The molecule has 26 heavy (non-hydrogen) atoms. The minimum atomic E-state index is -1.05. The fourth-order valence-electron chi connectivity index (χ4n) is 4.89. The zero-order chi connectivity index (χ0) is 18.2. The molecule has 0 spiro atoms. The van der Waals surface area contributed by atoms with Gasteiger partial charge in [-0.15, -0.1) is 0 Å². The van der Waals surface area contributed by atoms with Crippen molar-refractivity contribution in [3.8, 4) is 0 Å². The minimum absolute atomic E-state index is 0.000969. The van der Waals surface area contributed by atoms with E-state index in [-0.39, 0.29) is 24.1 Å². The Labute approximate surface area is 158 Å². The van der Waals surface area contributed by atoms with Gasteiger partial charge in [-0.25, -0.2) is 0 Å². The third kappa shape index (κ3) is 5.01. The molecule has 0 amide bonds. The van der Waals surface area contributed by atoms with E-state index in [1.807, 2.05) is 0 Å². The summed E-state index contributed by atoms with van der Waals surface area (Å²) < 4.78 is 11.8. The van der Waals surface area contributed by atoms with Crippen LogP contribution in [0.4, 0.5) is 0 Å². The molecule has 0 aromatic carbocycles. The van der Waals surface area contributed by atoms with E-state index in [9.17, 15) is 9.59 Å². The van der Waals surface area contributed by atoms with Crippen molar-refractivity contribution in [3.63, 3.8) is 0 Å².